The van der Waals surface area contributed by atoms with Gasteiger partial charge in [0.25, 0.3) is 0 Å². The molecule has 0 radical (unpaired) electrons. The highest BCUT2D eigenvalue weighted by atomic mass is 16.1. The van der Waals surface area contributed by atoms with Crippen LogP contribution in [0.1, 0.15) is 45.2 Å². The van der Waals surface area contributed by atoms with Gasteiger partial charge in [0.15, 0.2) is 0 Å². The Kier molecular flexibility index (Phi) is 5.40. The first-order valence-corrected chi connectivity index (χ1v) is 6.65. The Labute approximate surface area is 105 Å². The van der Waals surface area contributed by atoms with Gasteiger partial charge in [0, 0.05) is 12.3 Å². The van der Waals surface area contributed by atoms with Crippen LogP contribution in [0.5, 0.6) is 0 Å². The van der Waals surface area contributed by atoms with E-state index >= 15 is 0 Å². The van der Waals surface area contributed by atoms with Gasteiger partial charge in [0.1, 0.15) is 5.78 Å². The van der Waals surface area contributed by atoms with Crippen LogP contribution in [-0.2, 0) is 17.6 Å². The summed E-state index contributed by atoms with van der Waals surface area (Å²) in [4.78, 5) is 11.9. The van der Waals surface area contributed by atoms with Crippen molar-refractivity contribution in [3.63, 3.8) is 0 Å². The minimum absolute atomic E-state index is 0.185. The van der Waals surface area contributed by atoms with E-state index in [1.807, 2.05) is 6.92 Å². The number of ketones is 1. The number of hydrogen-bond acceptors (Lipinski definition) is 1. The quantitative estimate of drug-likeness (QED) is 0.723. The third-order valence-corrected chi connectivity index (χ3v) is 3.60. The summed E-state index contributed by atoms with van der Waals surface area (Å²) < 4.78 is 0. The van der Waals surface area contributed by atoms with Crippen molar-refractivity contribution in [3.05, 3.63) is 35.4 Å². The maximum absolute atomic E-state index is 11.9. The van der Waals surface area contributed by atoms with Crippen LogP contribution < -0.4 is 0 Å². The molecule has 0 fully saturated rings. The van der Waals surface area contributed by atoms with Crippen LogP contribution in [0, 0.1) is 11.8 Å². The second-order valence-electron chi connectivity index (χ2n) is 5.17. The van der Waals surface area contributed by atoms with Crippen molar-refractivity contribution >= 4 is 5.78 Å². The predicted molar refractivity (Wildman–Crippen MR) is 73.2 cm³/mol. The molecule has 1 heteroatoms. The highest BCUT2D eigenvalue weighted by Crippen LogP contribution is 2.15. The van der Waals surface area contributed by atoms with Crippen LogP contribution in [0.15, 0.2) is 24.3 Å². The SMILES string of the molecule is CCc1ccc(CCC(=O)C(C)C(C)C)cc1. The van der Waals surface area contributed by atoms with Gasteiger partial charge < -0.3 is 0 Å². The first kappa shape index (κ1) is 14.0. The number of rotatable bonds is 6. The third kappa shape index (κ3) is 4.33. The second-order valence-corrected chi connectivity index (χ2v) is 5.17. The summed E-state index contributed by atoms with van der Waals surface area (Å²) in [5.41, 5.74) is 2.63. The summed E-state index contributed by atoms with van der Waals surface area (Å²) in [5, 5.41) is 0. The van der Waals surface area contributed by atoms with E-state index in [2.05, 4.69) is 45.0 Å². The standard InChI is InChI=1S/C16H24O/c1-5-14-6-8-15(9-7-14)10-11-16(17)13(4)12(2)3/h6-9,12-13H,5,10-11H2,1-4H3. The van der Waals surface area contributed by atoms with Crippen LogP contribution in [0.2, 0.25) is 0 Å². The largest absolute Gasteiger partial charge is 0.299 e. The topological polar surface area (TPSA) is 17.1 Å². The molecule has 0 heterocycles. The first-order valence-electron chi connectivity index (χ1n) is 6.65. The van der Waals surface area contributed by atoms with Crippen LogP contribution in [0.25, 0.3) is 0 Å². The molecule has 1 aromatic carbocycles. The van der Waals surface area contributed by atoms with E-state index in [0.717, 1.165) is 12.8 Å². The molecule has 17 heavy (non-hydrogen) atoms. The average Bonchev–Trinajstić information content (AvgIpc) is 2.35. The fourth-order valence-electron chi connectivity index (χ4n) is 1.81. The van der Waals surface area contributed by atoms with E-state index in [1.54, 1.807) is 0 Å². The Morgan fingerprint density at radius 1 is 1.06 bits per heavy atom. The first-order chi connectivity index (χ1) is 8.04. The second kappa shape index (κ2) is 6.58. The van der Waals surface area contributed by atoms with Gasteiger partial charge in [-0.05, 0) is 29.9 Å². The smallest absolute Gasteiger partial charge is 0.136 e. The highest BCUT2D eigenvalue weighted by molar-refractivity contribution is 5.81. The summed E-state index contributed by atoms with van der Waals surface area (Å²) in [7, 11) is 0. The van der Waals surface area contributed by atoms with Crippen LogP contribution in [-0.4, -0.2) is 5.78 Å². The van der Waals surface area contributed by atoms with Crippen LogP contribution in [0.3, 0.4) is 0 Å². The van der Waals surface area contributed by atoms with Gasteiger partial charge in [-0.15, -0.1) is 0 Å². The maximum atomic E-state index is 11.9. The minimum Gasteiger partial charge on any atom is -0.299 e. The van der Waals surface area contributed by atoms with Gasteiger partial charge in [-0.3, -0.25) is 4.79 Å². The molecular formula is C16H24O. The molecule has 0 bridgehead atoms. The van der Waals surface area contributed by atoms with Gasteiger partial charge in [0.05, 0.1) is 0 Å². The van der Waals surface area contributed by atoms with Crippen molar-refractivity contribution in [1.29, 1.82) is 0 Å². The Morgan fingerprint density at radius 3 is 2.06 bits per heavy atom. The molecule has 1 atom stereocenters. The Balaban J connectivity index is 2.47. The van der Waals surface area contributed by atoms with Gasteiger partial charge in [-0.2, -0.15) is 0 Å². The molecule has 1 nitrogen and oxygen atoms in total. The van der Waals surface area contributed by atoms with E-state index < -0.39 is 0 Å². The lowest BCUT2D eigenvalue weighted by molar-refractivity contribution is -0.123. The molecular weight excluding hydrogens is 208 g/mol. The van der Waals surface area contributed by atoms with Crippen molar-refractivity contribution < 1.29 is 4.79 Å². The monoisotopic (exact) mass is 232 g/mol. The summed E-state index contributed by atoms with van der Waals surface area (Å²) in [6.45, 7) is 8.41. The zero-order valence-corrected chi connectivity index (χ0v) is 11.5. The molecule has 1 unspecified atom stereocenters. The molecule has 0 saturated heterocycles. The molecule has 0 aromatic heterocycles. The Morgan fingerprint density at radius 2 is 1.59 bits per heavy atom. The number of hydrogen-bond donors (Lipinski definition) is 0. The number of aryl methyl sites for hydroxylation is 2. The van der Waals surface area contributed by atoms with Crippen LogP contribution >= 0.6 is 0 Å². The van der Waals surface area contributed by atoms with Gasteiger partial charge >= 0.3 is 0 Å². The summed E-state index contributed by atoms with van der Waals surface area (Å²) in [6, 6.07) is 8.61. The van der Waals surface area contributed by atoms with Crippen molar-refractivity contribution in [2.45, 2.75) is 47.0 Å². The zero-order chi connectivity index (χ0) is 12.8. The van der Waals surface area contributed by atoms with Gasteiger partial charge in [-0.25, -0.2) is 0 Å². The maximum Gasteiger partial charge on any atom is 0.136 e. The Bertz CT molecular complexity index is 348. The molecule has 0 spiro atoms. The van der Waals surface area contributed by atoms with E-state index in [9.17, 15) is 4.79 Å². The lowest BCUT2D eigenvalue weighted by Crippen LogP contribution is -2.17. The number of carbonyl (C=O) groups excluding carboxylic acids is 1. The van der Waals surface area contributed by atoms with E-state index in [4.69, 9.17) is 0 Å². The molecule has 0 aliphatic rings. The molecule has 0 saturated carbocycles. The normalized spacial score (nSPS) is 12.8. The summed E-state index contributed by atoms with van der Waals surface area (Å²) >= 11 is 0. The molecule has 94 valence electrons. The van der Waals surface area contributed by atoms with Crippen molar-refractivity contribution in [2.24, 2.45) is 11.8 Å². The summed E-state index contributed by atoms with van der Waals surface area (Å²) in [5.74, 6) is 1.02. The van der Waals surface area contributed by atoms with E-state index in [0.29, 0.717) is 18.1 Å². The minimum atomic E-state index is 0.185. The number of benzene rings is 1. The zero-order valence-electron chi connectivity index (χ0n) is 11.5. The van der Waals surface area contributed by atoms with E-state index in [1.165, 1.54) is 11.1 Å². The molecule has 0 amide bonds. The highest BCUT2D eigenvalue weighted by Gasteiger charge is 2.15. The fraction of sp³-hybridized carbons (Fsp3) is 0.562. The third-order valence-electron chi connectivity index (χ3n) is 3.60. The number of carbonyl (C=O) groups is 1. The van der Waals surface area contributed by atoms with E-state index in [-0.39, 0.29) is 5.92 Å². The molecule has 1 aromatic rings. The molecule has 0 aliphatic heterocycles. The van der Waals surface area contributed by atoms with Crippen molar-refractivity contribution in [3.8, 4) is 0 Å². The average molecular weight is 232 g/mol. The lowest BCUT2D eigenvalue weighted by Gasteiger charge is -2.13. The number of Topliss-reactive ketones (excluding diaryl/α,β-unsaturated/α-hetero) is 1. The molecule has 0 aliphatic carbocycles. The Hall–Kier alpha value is -1.11. The van der Waals surface area contributed by atoms with Gasteiger partial charge in [0.2, 0.25) is 0 Å². The van der Waals surface area contributed by atoms with Crippen molar-refractivity contribution in [2.75, 3.05) is 0 Å². The fourth-order valence-corrected chi connectivity index (χ4v) is 1.81. The van der Waals surface area contributed by atoms with Crippen molar-refractivity contribution in [1.82, 2.24) is 0 Å². The summed E-state index contributed by atoms with van der Waals surface area (Å²) in [6.07, 6.45) is 2.62. The molecule has 1 rings (SSSR count). The predicted octanol–water partition coefficient (Wildman–Crippen LogP) is 4.04. The van der Waals surface area contributed by atoms with Crippen LogP contribution in [0.4, 0.5) is 0 Å². The molecule has 0 N–H and O–H groups in total. The van der Waals surface area contributed by atoms with Gasteiger partial charge in [-0.1, -0.05) is 52.0 Å². The lowest BCUT2D eigenvalue weighted by atomic mass is 9.90.